The van der Waals surface area contributed by atoms with Gasteiger partial charge < -0.3 is 10.2 Å². The van der Waals surface area contributed by atoms with Gasteiger partial charge in [0.1, 0.15) is 6.04 Å². The molecule has 0 saturated carbocycles. The van der Waals surface area contributed by atoms with Crippen molar-refractivity contribution in [2.45, 2.75) is 15.8 Å². The second kappa shape index (κ2) is 5.87. The number of sulfone groups is 1. The number of carboxylic acid groups (broad SMARTS) is 1. The summed E-state index contributed by atoms with van der Waals surface area (Å²) in [7, 11) is -7.62. The van der Waals surface area contributed by atoms with Crippen LogP contribution in [0.2, 0.25) is 0 Å². The van der Waals surface area contributed by atoms with Crippen LogP contribution < -0.4 is 4.72 Å². The van der Waals surface area contributed by atoms with E-state index in [0.29, 0.717) is 0 Å². The molecular formula is C10H13NO7S2. The molecule has 8 nitrogen and oxygen atoms in total. The Kier molecular flexibility index (Phi) is 4.86. The molecule has 0 aromatic heterocycles. The van der Waals surface area contributed by atoms with Gasteiger partial charge in [0.05, 0.1) is 16.4 Å². The van der Waals surface area contributed by atoms with Crippen molar-refractivity contribution in [2.24, 2.45) is 0 Å². The van der Waals surface area contributed by atoms with Crippen molar-refractivity contribution < 1.29 is 31.8 Å². The number of hydrogen-bond donors (Lipinski definition) is 3. The monoisotopic (exact) mass is 323 g/mol. The van der Waals surface area contributed by atoms with Gasteiger partial charge in [-0.15, -0.1) is 0 Å². The minimum absolute atomic E-state index is 0.0617. The molecular weight excluding hydrogens is 310 g/mol. The zero-order valence-corrected chi connectivity index (χ0v) is 12.0. The normalized spacial score (nSPS) is 13.9. The quantitative estimate of drug-likeness (QED) is 0.598. The van der Waals surface area contributed by atoms with Crippen molar-refractivity contribution in [1.29, 1.82) is 0 Å². The van der Waals surface area contributed by atoms with Crippen LogP contribution in [0, 0.1) is 0 Å². The topological polar surface area (TPSA) is 138 Å². The number of aliphatic hydroxyl groups excluding tert-OH is 1. The zero-order valence-electron chi connectivity index (χ0n) is 10.3. The van der Waals surface area contributed by atoms with Crippen LogP contribution >= 0.6 is 0 Å². The molecule has 1 aromatic rings. The van der Waals surface area contributed by atoms with Crippen LogP contribution in [0.4, 0.5) is 0 Å². The molecule has 112 valence electrons. The molecule has 0 heterocycles. The first-order valence-corrected chi connectivity index (χ1v) is 8.61. The van der Waals surface area contributed by atoms with Gasteiger partial charge in [-0.1, -0.05) is 0 Å². The molecule has 20 heavy (non-hydrogen) atoms. The van der Waals surface area contributed by atoms with E-state index in [-0.39, 0.29) is 9.79 Å². The summed E-state index contributed by atoms with van der Waals surface area (Å²) < 4.78 is 47.9. The Hall–Kier alpha value is -1.49. The van der Waals surface area contributed by atoms with Crippen LogP contribution in [0.1, 0.15) is 0 Å². The highest BCUT2D eigenvalue weighted by molar-refractivity contribution is 7.90. The van der Waals surface area contributed by atoms with Crippen LogP contribution in [0.25, 0.3) is 0 Å². The van der Waals surface area contributed by atoms with E-state index in [4.69, 9.17) is 10.2 Å². The van der Waals surface area contributed by atoms with Crippen molar-refractivity contribution in [1.82, 2.24) is 4.72 Å². The molecule has 1 atom stereocenters. The minimum atomic E-state index is -4.16. The Balaban J connectivity index is 3.08. The summed E-state index contributed by atoms with van der Waals surface area (Å²) in [6.45, 7) is -0.907. The molecule has 0 bridgehead atoms. The molecule has 1 rings (SSSR count). The van der Waals surface area contributed by atoms with Crippen LogP contribution in [0.3, 0.4) is 0 Å². The highest BCUT2D eigenvalue weighted by atomic mass is 32.2. The fraction of sp³-hybridized carbons (Fsp3) is 0.300. The van der Waals surface area contributed by atoms with Gasteiger partial charge in [0.25, 0.3) is 0 Å². The van der Waals surface area contributed by atoms with Crippen LogP contribution in [-0.2, 0) is 24.7 Å². The molecule has 0 amide bonds. The van der Waals surface area contributed by atoms with Gasteiger partial charge in [-0.2, -0.15) is 4.72 Å². The van der Waals surface area contributed by atoms with Gasteiger partial charge in [0.15, 0.2) is 9.84 Å². The lowest BCUT2D eigenvalue weighted by atomic mass is 10.3. The van der Waals surface area contributed by atoms with E-state index in [1.807, 2.05) is 0 Å². The summed E-state index contributed by atoms with van der Waals surface area (Å²) in [4.78, 5) is 10.3. The molecule has 0 radical (unpaired) electrons. The molecule has 10 heteroatoms. The van der Waals surface area contributed by atoms with E-state index in [2.05, 4.69) is 0 Å². The molecule has 0 spiro atoms. The van der Waals surface area contributed by atoms with Gasteiger partial charge in [0.2, 0.25) is 10.0 Å². The molecule has 0 fully saturated rings. The predicted molar refractivity (Wildman–Crippen MR) is 68.4 cm³/mol. The third-order valence-electron chi connectivity index (χ3n) is 2.34. The third-order valence-corrected chi connectivity index (χ3v) is 4.96. The van der Waals surface area contributed by atoms with E-state index < -0.39 is 38.5 Å². The fourth-order valence-electron chi connectivity index (χ4n) is 1.29. The van der Waals surface area contributed by atoms with Crippen molar-refractivity contribution in [3.63, 3.8) is 0 Å². The van der Waals surface area contributed by atoms with E-state index in [1.165, 1.54) is 0 Å². The second-order valence-electron chi connectivity index (χ2n) is 3.94. The van der Waals surface area contributed by atoms with E-state index in [0.717, 1.165) is 30.5 Å². The molecule has 0 unspecified atom stereocenters. The van der Waals surface area contributed by atoms with Crippen LogP contribution in [0.15, 0.2) is 34.1 Å². The fourth-order valence-corrected chi connectivity index (χ4v) is 3.10. The maximum atomic E-state index is 11.8. The van der Waals surface area contributed by atoms with Gasteiger partial charge in [0, 0.05) is 6.26 Å². The summed E-state index contributed by atoms with van der Waals surface area (Å²) in [5.41, 5.74) is 0. The number of nitrogens with one attached hydrogen (secondary N) is 1. The number of aliphatic hydroxyl groups is 1. The number of hydrogen-bond acceptors (Lipinski definition) is 6. The average Bonchev–Trinajstić information content (AvgIpc) is 2.35. The maximum Gasteiger partial charge on any atom is 0.324 e. The predicted octanol–water partition coefficient (Wildman–Crippen LogP) is -1.19. The number of carbonyl (C=O) groups is 1. The summed E-state index contributed by atoms with van der Waals surface area (Å²) >= 11 is 0. The van der Waals surface area contributed by atoms with E-state index in [1.54, 1.807) is 4.72 Å². The van der Waals surface area contributed by atoms with Crippen molar-refractivity contribution >= 4 is 25.8 Å². The number of benzene rings is 1. The Morgan fingerprint density at radius 1 is 1.15 bits per heavy atom. The second-order valence-corrected chi connectivity index (χ2v) is 7.67. The molecule has 1 aromatic carbocycles. The molecule has 0 aliphatic carbocycles. The van der Waals surface area contributed by atoms with Gasteiger partial charge in [-0.3, -0.25) is 4.79 Å². The highest BCUT2D eigenvalue weighted by Gasteiger charge is 2.24. The smallest absolute Gasteiger partial charge is 0.324 e. The van der Waals surface area contributed by atoms with Gasteiger partial charge in [-0.25, -0.2) is 16.8 Å². The molecule has 0 aliphatic rings. The maximum absolute atomic E-state index is 11.8. The van der Waals surface area contributed by atoms with Crippen LogP contribution in [-0.4, -0.2) is 51.9 Å². The lowest BCUT2D eigenvalue weighted by molar-refractivity contribution is -0.139. The zero-order chi connectivity index (χ0) is 15.6. The lowest BCUT2D eigenvalue weighted by Crippen LogP contribution is -2.43. The average molecular weight is 323 g/mol. The Bertz CT molecular complexity index is 692. The number of rotatable bonds is 6. The van der Waals surface area contributed by atoms with Gasteiger partial charge in [-0.05, 0) is 24.3 Å². The highest BCUT2D eigenvalue weighted by Crippen LogP contribution is 2.14. The van der Waals surface area contributed by atoms with Crippen molar-refractivity contribution in [2.75, 3.05) is 12.9 Å². The summed E-state index contributed by atoms with van der Waals surface area (Å²) in [6, 6.07) is 2.59. The Labute approximate surface area is 116 Å². The summed E-state index contributed by atoms with van der Waals surface area (Å²) in [5.74, 6) is -1.52. The standard InChI is InChI=1S/C10H13NO7S2/c1-19(15,16)7-2-4-8(5-3-7)20(17,18)11-9(6-12)10(13)14/h2-5,9,11-12H,6H2,1H3,(H,13,14)/t9-/m0/s1. The first-order chi connectivity index (χ1) is 9.08. The van der Waals surface area contributed by atoms with Crippen LogP contribution in [0.5, 0.6) is 0 Å². The van der Waals surface area contributed by atoms with E-state index >= 15 is 0 Å². The third kappa shape index (κ3) is 4.00. The SMILES string of the molecule is CS(=O)(=O)c1ccc(S(=O)(=O)N[C@@H](CO)C(=O)O)cc1. The van der Waals surface area contributed by atoms with Crippen molar-refractivity contribution in [3.8, 4) is 0 Å². The number of carboxylic acids is 1. The molecule has 0 aliphatic heterocycles. The summed E-state index contributed by atoms with van der Waals surface area (Å²) in [6.07, 6.45) is 0.973. The lowest BCUT2D eigenvalue weighted by Gasteiger charge is -2.12. The minimum Gasteiger partial charge on any atom is -0.480 e. The Morgan fingerprint density at radius 3 is 1.95 bits per heavy atom. The first-order valence-electron chi connectivity index (χ1n) is 5.24. The first kappa shape index (κ1) is 16.6. The summed E-state index contributed by atoms with van der Waals surface area (Å²) in [5, 5.41) is 17.4. The van der Waals surface area contributed by atoms with Crippen molar-refractivity contribution in [3.05, 3.63) is 24.3 Å². The Morgan fingerprint density at radius 2 is 1.60 bits per heavy atom. The molecule has 3 N–H and O–H groups in total. The molecule has 0 saturated heterocycles. The largest absolute Gasteiger partial charge is 0.480 e. The number of sulfonamides is 1. The number of aliphatic carboxylic acids is 1. The van der Waals surface area contributed by atoms with E-state index in [9.17, 15) is 21.6 Å². The van der Waals surface area contributed by atoms with Gasteiger partial charge >= 0.3 is 5.97 Å².